The number of H-pyrrole nitrogens is 1. The van der Waals surface area contributed by atoms with Crippen molar-refractivity contribution in [3.8, 4) is 0 Å². The van der Waals surface area contributed by atoms with Crippen LogP contribution in [0.15, 0.2) is 53.7 Å². The van der Waals surface area contributed by atoms with Gasteiger partial charge in [0.05, 0.1) is 6.54 Å². The van der Waals surface area contributed by atoms with Crippen LogP contribution in [0.1, 0.15) is 48.9 Å². The first-order valence-corrected chi connectivity index (χ1v) is 12.1. The van der Waals surface area contributed by atoms with Crippen LogP contribution in [0.3, 0.4) is 0 Å². The molecule has 1 amide bonds. The number of hydrogen-bond donors (Lipinski definition) is 3. The van der Waals surface area contributed by atoms with Gasteiger partial charge in [0.2, 0.25) is 5.91 Å². The number of likely N-dealkylation sites (tertiary alicyclic amines) is 1. The zero-order valence-corrected chi connectivity index (χ0v) is 22.5. The zero-order valence-electron chi connectivity index (χ0n) is 20.2. The molecule has 0 spiro atoms. The third kappa shape index (κ3) is 6.52. The number of benzene rings is 2. The smallest absolute Gasteiger partial charge is 0.222 e. The summed E-state index contributed by atoms with van der Waals surface area (Å²) < 4.78 is 0. The first-order chi connectivity index (χ1) is 16.2. The van der Waals surface area contributed by atoms with Gasteiger partial charge in [0.25, 0.3) is 0 Å². The fourth-order valence-electron chi connectivity index (χ4n) is 4.52. The van der Waals surface area contributed by atoms with E-state index in [1.54, 1.807) is 0 Å². The van der Waals surface area contributed by atoms with Crippen molar-refractivity contribution in [3.05, 3.63) is 70.9 Å². The van der Waals surface area contributed by atoms with Crippen molar-refractivity contribution in [2.24, 2.45) is 4.99 Å². The molecule has 0 aliphatic carbocycles. The van der Waals surface area contributed by atoms with E-state index in [9.17, 15) is 4.79 Å². The van der Waals surface area contributed by atoms with Gasteiger partial charge in [-0.25, -0.2) is 4.99 Å². The molecule has 3 N–H and O–H groups in total. The predicted octanol–water partition coefficient (Wildman–Crippen LogP) is 4.77. The van der Waals surface area contributed by atoms with E-state index in [1.165, 1.54) is 27.6 Å². The van der Waals surface area contributed by atoms with Crippen LogP contribution in [0.25, 0.3) is 10.9 Å². The maximum Gasteiger partial charge on any atom is 0.222 e. The molecule has 0 atom stereocenters. The second-order valence-electron chi connectivity index (χ2n) is 8.62. The lowest BCUT2D eigenvalue weighted by Crippen LogP contribution is -2.38. The number of amides is 1. The standard InChI is InChI=1S/C27H35N5O.HI/c1-3-22-10-6-11-24-23(18-30-26(22)24)13-14-29-27(28-4-2)31-17-20-8-5-9-21(16-20)19-32-15-7-12-25(32)33;/h5-6,8-11,16,18,30H,3-4,7,12-15,17,19H2,1-2H3,(H2,28,29,31);1H. The molecule has 6 nitrogen and oxygen atoms in total. The van der Waals surface area contributed by atoms with Crippen LogP contribution in [0.5, 0.6) is 0 Å². The second kappa shape index (κ2) is 12.8. The summed E-state index contributed by atoms with van der Waals surface area (Å²) in [5.74, 6) is 1.09. The summed E-state index contributed by atoms with van der Waals surface area (Å²) in [7, 11) is 0. The third-order valence-corrected chi connectivity index (χ3v) is 6.26. The third-order valence-electron chi connectivity index (χ3n) is 6.26. The number of carbonyl (C=O) groups excluding carboxylic acids is 1. The molecule has 1 saturated heterocycles. The van der Waals surface area contributed by atoms with Crippen LogP contribution in [-0.2, 0) is 30.7 Å². The Balaban J connectivity index is 0.00000324. The number of para-hydroxylation sites is 1. The van der Waals surface area contributed by atoms with Crippen molar-refractivity contribution >= 4 is 46.7 Å². The van der Waals surface area contributed by atoms with Gasteiger partial charge in [0, 0.05) is 49.7 Å². The number of aryl methyl sites for hydroxylation is 1. The molecule has 7 heteroatoms. The number of hydrogen-bond acceptors (Lipinski definition) is 2. The minimum Gasteiger partial charge on any atom is -0.361 e. The van der Waals surface area contributed by atoms with Gasteiger partial charge in [-0.05, 0) is 48.4 Å². The van der Waals surface area contributed by atoms with Gasteiger partial charge in [0.1, 0.15) is 0 Å². The van der Waals surface area contributed by atoms with Crippen LogP contribution < -0.4 is 10.6 Å². The van der Waals surface area contributed by atoms with Gasteiger partial charge in [-0.2, -0.15) is 0 Å². The van der Waals surface area contributed by atoms with Gasteiger partial charge in [-0.1, -0.05) is 49.4 Å². The van der Waals surface area contributed by atoms with Gasteiger partial charge in [-0.3, -0.25) is 4.79 Å². The quantitative estimate of drug-likeness (QED) is 0.196. The Hall–Kier alpha value is -2.55. The summed E-state index contributed by atoms with van der Waals surface area (Å²) in [4.78, 5) is 22.1. The van der Waals surface area contributed by atoms with E-state index in [4.69, 9.17) is 4.99 Å². The summed E-state index contributed by atoms with van der Waals surface area (Å²) in [6.07, 6.45) is 5.74. The maximum atomic E-state index is 11.9. The summed E-state index contributed by atoms with van der Waals surface area (Å²) in [6, 6.07) is 14.9. The number of guanidine groups is 1. The number of aromatic nitrogens is 1. The lowest BCUT2D eigenvalue weighted by Gasteiger charge is -2.16. The van der Waals surface area contributed by atoms with Gasteiger partial charge in [-0.15, -0.1) is 24.0 Å². The van der Waals surface area contributed by atoms with Crippen LogP contribution in [0.4, 0.5) is 0 Å². The SMILES string of the molecule is CCNC(=NCc1cccc(CN2CCCC2=O)c1)NCCc1c[nH]c2c(CC)cccc12.I. The Morgan fingerprint density at radius 2 is 1.91 bits per heavy atom. The van der Waals surface area contributed by atoms with E-state index >= 15 is 0 Å². The molecule has 34 heavy (non-hydrogen) atoms. The van der Waals surface area contributed by atoms with E-state index < -0.39 is 0 Å². The van der Waals surface area contributed by atoms with Gasteiger partial charge in [0.15, 0.2) is 5.96 Å². The van der Waals surface area contributed by atoms with E-state index in [1.807, 2.05) is 4.90 Å². The van der Waals surface area contributed by atoms with E-state index in [2.05, 4.69) is 78.1 Å². The molecule has 1 aliphatic rings. The van der Waals surface area contributed by atoms with Crippen molar-refractivity contribution in [2.75, 3.05) is 19.6 Å². The number of fused-ring (bicyclic) bond motifs is 1. The molecule has 0 saturated carbocycles. The maximum absolute atomic E-state index is 11.9. The largest absolute Gasteiger partial charge is 0.361 e. The van der Waals surface area contributed by atoms with Crippen LogP contribution in [-0.4, -0.2) is 41.4 Å². The predicted molar refractivity (Wildman–Crippen MR) is 151 cm³/mol. The van der Waals surface area contributed by atoms with Crippen molar-refractivity contribution in [1.29, 1.82) is 0 Å². The molecule has 4 rings (SSSR count). The Morgan fingerprint density at radius 3 is 2.68 bits per heavy atom. The van der Waals surface area contributed by atoms with Crippen molar-refractivity contribution in [3.63, 3.8) is 0 Å². The average Bonchev–Trinajstić information content (AvgIpc) is 3.43. The molecule has 0 bridgehead atoms. The molecule has 2 heterocycles. The fourth-order valence-corrected chi connectivity index (χ4v) is 4.52. The molecule has 1 aliphatic heterocycles. The molecule has 182 valence electrons. The van der Waals surface area contributed by atoms with Gasteiger partial charge >= 0.3 is 0 Å². The highest BCUT2D eigenvalue weighted by molar-refractivity contribution is 14.0. The van der Waals surface area contributed by atoms with Crippen molar-refractivity contribution in [1.82, 2.24) is 20.5 Å². The molecule has 0 radical (unpaired) electrons. The Bertz CT molecular complexity index is 1120. The summed E-state index contributed by atoms with van der Waals surface area (Å²) in [5.41, 5.74) is 6.26. The highest BCUT2D eigenvalue weighted by Gasteiger charge is 2.19. The number of nitrogens with one attached hydrogen (secondary N) is 3. The molecular weight excluding hydrogens is 537 g/mol. The minimum absolute atomic E-state index is 0. The molecule has 1 aromatic heterocycles. The van der Waals surface area contributed by atoms with E-state index in [-0.39, 0.29) is 29.9 Å². The molecule has 2 aromatic carbocycles. The lowest BCUT2D eigenvalue weighted by atomic mass is 10.1. The summed E-state index contributed by atoms with van der Waals surface area (Å²) >= 11 is 0. The highest BCUT2D eigenvalue weighted by Crippen LogP contribution is 2.22. The molecule has 3 aromatic rings. The van der Waals surface area contributed by atoms with Crippen LogP contribution in [0.2, 0.25) is 0 Å². The first kappa shape index (κ1) is 26.1. The average molecular weight is 574 g/mol. The number of rotatable bonds is 9. The number of aliphatic imine (C=N–C) groups is 1. The Morgan fingerprint density at radius 1 is 1.09 bits per heavy atom. The topological polar surface area (TPSA) is 72.5 Å². The fraction of sp³-hybridized carbons (Fsp3) is 0.407. The van der Waals surface area contributed by atoms with Crippen molar-refractivity contribution < 1.29 is 4.79 Å². The number of halogens is 1. The minimum atomic E-state index is 0. The molecular formula is C27H36IN5O. The van der Waals surface area contributed by atoms with Crippen molar-refractivity contribution in [2.45, 2.75) is 52.6 Å². The monoisotopic (exact) mass is 573 g/mol. The highest BCUT2D eigenvalue weighted by atomic mass is 127. The first-order valence-electron chi connectivity index (χ1n) is 12.1. The molecule has 1 fully saturated rings. The normalized spacial score (nSPS) is 13.9. The number of nitrogens with zero attached hydrogens (tertiary/aromatic N) is 2. The Kier molecular flexibility index (Phi) is 9.80. The summed E-state index contributed by atoms with van der Waals surface area (Å²) in [6.45, 7) is 8.06. The Labute approximate surface area is 219 Å². The number of aromatic amines is 1. The lowest BCUT2D eigenvalue weighted by molar-refractivity contribution is -0.128. The van der Waals surface area contributed by atoms with Crippen LogP contribution in [0, 0.1) is 0 Å². The zero-order chi connectivity index (χ0) is 23.0. The molecule has 0 unspecified atom stereocenters. The second-order valence-corrected chi connectivity index (χ2v) is 8.62. The summed E-state index contributed by atoms with van der Waals surface area (Å²) in [5, 5.41) is 8.13. The van der Waals surface area contributed by atoms with Crippen LogP contribution >= 0.6 is 24.0 Å². The van der Waals surface area contributed by atoms with E-state index in [0.717, 1.165) is 50.4 Å². The van der Waals surface area contributed by atoms with E-state index in [0.29, 0.717) is 19.5 Å². The van der Waals surface area contributed by atoms with Gasteiger partial charge < -0.3 is 20.5 Å². The number of carbonyl (C=O) groups is 1.